The molecule has 1 aliphatic carbocycles. The third kappa shape index (κ3) is 4.74. The molecule has 1 saturated carbocycles. The maximum absolute atomic E-state index is 11.9. The van der Waals surface area contributed by atoms with Crippen molar-refractivity contribution in [3.8, 4) is 0 Å². The summed E-state index contributed by atoms with van der Waals surface area (Å²) in [5, 5.41) is 12.6. The van der Waals surface area contributed by atoms with Crippen LogP contribution in [0.5, 0.6) is 0 Å². The van der Waals surface area contributed by atoms with Gasteiger partial charge in [0.2, 0.25) is 5.91 Å². The van der Waals surface area contributed by atoms with Crippen LogP contribution in [0.4, 0.5) is 0 Å². The second-order valence-corrected chi connectivity index (χ2v) is 5.95. The van der Waals surface area contributed by atoms with Gasteiger partial charge in [-0.2, -0.15) is 0 Å². The van der Waals surface area contributed by atoms with Crippen molar-refractivity contribution in [2.24, 2.45) is 5.92 Å². The van der Waals surface area contributed by atoms with Gasteiger partial charge in [-0.25, -0.2) is 0 Å². The lowest BCUT2D eigenvalue weighted by atomic mass is 9.86. The fourth-order valence-electron chi connectivity index (χ4n) is 2.73. The number of carbonyl (C=O) groups excluding carboxylic acids is 1. The topological polar surface area (TPSA) is 66.4 Å². The molecule has 0 atom stereocenters. The summed E-state index contributed by atoms with van der Waals surface area (Å²) in [4.78, 5) is 22.8. The van der Waals surface area contributed by atoms with Gasteiger partial charge in [0.1, 0.15) is 0 Å². The van der Waals surface area contributed by atoms with Crippen LogP contribution >= 0.6 is 11.6 Å². The number of rotatable bonds is 5. The highest BCUT2D eigenvalue weighted by molar-refractivity contribution is 6.31. The third-order valence-corrected chi connectivity index (χ3v) is 4.39. The van der Waals surface area contributed by atoms with E-state index in [-0.39, 0.29) is 17.9 Å². The standard InChI is InChI=1S/C16H20ClNO3/c17-14-4-2-1-3-11(14)7-10-15(19)18-13-8-5-12(6-9-13)16(20)21/h1-4,12-13H,5-10H2,(H,18,19)(H,20,21). The van der Waals surface area contributed by atoms with Crippen LogP contribution in [0.1, 0.15) is 37.7 Å². The van der Waals surface area contributed by atoms with Crippen molar-refractivity contribution in [1.82, 2.24) is 5.32 Å². The molecule has 2 rings (SSSR count). The van der Waals surface area contributed by atoms with E-state index in [0.717, 1.165) is 18.4 Å². The summed E-state index contributed by atoms with van der Waals surface area (Å²) in [5.74, 6) is -0.964. The largest absolute Gasteiger partial charge is 0.481 e. The van der Waals surface area contributed by atoms with Gasteiger partial charge >= 0.3 is 5.97 Å². The van der Waals surface area contributed by atoms with E-state index in [4.69, 9.17) is 16.7 Å². The van der Waals surface area contributed by atoms with Crippen molar-refractivity contribution < 1.29 is 14.7 Å². The predicted octanol–water partition coefficient (Wildman–Crippen LogP) is 3.03. The van der Waals surface area contributed by atoms with Crippen LogP contribution < -0.4 is 5.32 Å². The van der Waals surface area contributed by atoms with Gasteiger partial charge in [-0.1, -0.05) is 29.8 Å². The van der Waals surface area contributed by atoms with E-state index in [1.54, 1.807) is 0 Å². The predicted molar refractivity (Wildman–Crippen MR) is 81.3 cm³/mol. The van der Waals surface area contributed by atoms with Crippen molar-refractivity contribution in [2.75, 3.05) is 0 Å². The van der Waals surface area contributed by atoms with Crippen LogP contribution in [0.15, 0.2) is 24.3 Å². The molecular weight excluding hydrogens is 290 g/mol. The Hall–Kier alpha value is -1.55. The summed E-state index contributed by atoms with van der Waals surface area (Å²) < 4.78 is 0. The number of amides is 1. The molecule has 0 saturated heterocycles. The Balaban J connectivity index is 1.73. The zero-order chi connectivity index (χ0) is 15.2. The zero-order valence-electron chi connectivity index (χ0n) is 11.8. The summed E-state index contributed by atoms with van der Waals surface area (Å²) in [5.41, 5.74) is 0.976. The number of benzene rings is 1. The molecule has 0 radical (unpaired) electrons. The van der Waals surface area contributed by atoms with Crippen LogP contribution in [0, 0.1) is 5.92 Å². The maximum atomic E-state index is 11.9. The fourth-order valence-corrected chi connectivity index (χ4v) is 2.96. The molecule has 2 N–H and O–H groups in total. The first kappa shape index (κ1) is 15.8. The minimum atomic E-state index is -0.724. The number of carboxylic acids is 1. The number of aryl methyl sites for hydroxylation is 1. The number of hydrogen-bond donors (Lipinski definition) is 2. The number of nitrogens with one attached hydrogen (secondary N) is 1. The van der Waals surface area contributed by atoms with Gasteiger partial charge in [0, 0.05) is 17.5 Å². The number of aliphatic carboxylic acids is 1. The van der Waals surface area contributed by atoms with E-state index in [9.17, 15) is 9.59 Å². The second kappa shape index (κ2) is 7.46. The smallest absolute Gasteiger partial charge is 0.306 e. The Bertz CT molecular complexity index is 510. The molecule has 21 heavy (non-hydrogen) atoms. The minimum Gasteiger partial charge on any atom is -0.481 e. The molecule has 0 spiro atoms. The van der Waals surface area contributed by atoms with E-state index in [0.29, 0.717) is 30.7 Å². The van der Waals surface area contributed by atoms with Gasteiger partial charge in [-0.15, -0.1) is 0 Å². The van der Waals surface area contributed by atoms with E-state index < -0.39 is 5.97 Å². The van der Waals surface area contributed by atoms with E-state index >= 15 is 0 Å². The normalized spacial score (nSPS) is 21.8. The molecule has 0 heterocycles. The highest BCUT2D eigenvalue weighted by Crippen LogP contribution is 2.24. The first-order chi connectivity index (χ1) is 10.1. The van der Waals surface area contributed by atoms with Crippen molar-refractivity contribution in [3.63, 3.8) is 0 Å². The summed E-state index contributed by atoms with van der Waals surface area (Å²) >= 11 is 6.06. The first-order valence-corrected chi connectivity index (χ1v) is 7.69. The minimum absolute atomic E-state index is 0.00805. The molecule has 1 aromatic carbocycles. The van der Waals surface area contributed by atoms with Crippen LogP contribution in [-0.2, 0) is 16.0 Å². The van der Waals surface area contributed by atoms with Crippen LogP contribution in [-0.4, -0.2) is 23.0 Å². The van der Waals surface area contributed by atoms with Gasteiger partial charge < -0.3 is 10.4 Å². The molecular formula is C16H20ClNO3. The molecule has 5 heteroatoms. The Labute approximate surface area is 129 Å². The van der Waals surface area contributed by atoms with Gasteiger partial charge in [0.05, 0.1) is 5.92 Å². The quantitative estimate of drug-likeness (QED) is 0.878. The number of carboxylic acid groups (broad SMARTS) is 1. The van der Waals surface area contributed by atoms with Crippen molar-refractivity contribution in [1.29, 1.82) is 0 Å². The number of carbonyl (C=O) groups is 2. The summed E-state index contributed by atoms with van der Waals surface area (Å²) in [6.45, 7) is 0. The van der Waals surface area contributed by atoms with Gasteiger partial charge in [-0.05, 0) is 43.7 Å². The first-order valence-electron chi connectivity index (χ1n) is 7.32. The molecule has 0 bridgehead atoms. The molecule has 0 aliphatic heterocycles. The highest BCUT2D eigenvalue weighted by Gasteiger charge is 2.26. The van der Waals surface area contributed by atoms with Crippen molar-refractivity contribution in [3.05, 3.63) is 34.9 Å². The summed E-state index contributed by atoms with van der Waals surface area (Å²) in [6.07, 6.45) is 3.80. The van der Waals surface area contributed by atoms with Crippen molar-refractivity contribution in [2.45, 2.75) is 44.6 Å². The van der Waals surface area contributed by atoms with E-state index in [2.05, 4.69) is 5.32 Å². The van der Waals surface area contributed by atoms with Crippen LogP contribution in [0.3, 0.4) is 0 Å². The number of hydrogen-bond acceptors (Lipinski definition) is 2. The third-order valence-electron chi connectivity index (χ3n) is 4.02. The average Bonchev–Trinajstić information content (AvgIpc) is 2.47. The molecule has 1 fully saturated rings. The lowest BCUT2D eigenvalue weighted by Gasteiger charge is -2.26. The lowest BCUT2D eigenvalue weighted by molar-refractivity contribution is -0.142. The summed E-state index contributed by atoms with van der Waals surface area (Å²) in [7, 11) is 0. The Morgan fingerprint density at radius 3 is 2.48 bits per heavy atom. The molecule has 0 unspecified atom stereocenters. The molecule has 114 valence electrons. The average molecular weight is 310 g/mol. The monoisotopic (exact) mass is 309 g/mol. The van der Waals surface area contributed by atoms with Crippen LogP contribution in [0.25, 0.3) is 0 Å². The maximum Gasteiger partial charge on any atom is 0.306 e. The SMILES string of the molecule is O=C(CCc1ccccc1Cl)NC1CCC(C(=O)O)CC1. The van der Waals surface area contributed by atoms with Gasteiger partial charge in [0.25, 0.3) is 0 Å². The molecule has 1 aliphatic rings. The fraction of sp³-hybridized carbons (Fsp3) is 0.500. The van der Waals surface area contributed by atoms with Crippen LogP contribution in [0.2, 0.25) is 5.02 Å². The van der Waals surface area contributed by atoms with Gasteiger partial charge in [-0.3, -0.25) is 9.59 Å². The lowest BCUT2D eigenvalue weighted by Crippen LogP contribution is -2.38. The Morgan fingerprint density at radius 2 is 1.86 bits per heavy atom. The molecule has 4 nitrogen and oxygen atoms in total. The highest BCUT2D eigenvalue weighted by atomic mass is 35.5. The molecule has 1 amide bonds. The number of halogens is 1. The van der Waals surface area contributed by atoms with Crippen molar-refractivity contribution >= 4 is 23.5 Å². The molecule has 0 aromatic heterocycles. The molecule has 1 aromatic rings. The van der Waals surface area contributed by atoms with E-state index in [1.807, 2.05) is 24.3 Å². The Morgan fingerprint density at radius 1 is 1.19 bits per heavy atom. The summed E-state index contributed by atoms with van der Waals surface area (Å²) in [6, 6.07) is 7.63. The van der Waals surface area contributed by atoms with E-state index in [1.165, 1.54) is 0 Å². The van der Waals surface area contributed by atoms with Gasteiger partial charge in [0.15, 0.2) is 0 Å². The zero-order valence-corrected chi connectivity index (χ0v) is 12.6. The second-order valence-electron chi connectivity index (χ2n) is 5.55. The Kier molecular flexibility index (Phi) is 5.62.